The zero-order chi connectivity index (χ0) is 21.7. The first-order valence-corrected chi connectivity index (χ1v) is 11.1. The first kappa shape index (κ1) is 22.5. The van der Waals surface area contributed by atoms with Gasteiger partial charge in [-0.15, -0.1) is 0 Å². The van der Waals surface area contributed by atoms with Gasteiger partial charge in [-0.05, 0) is 25.7 Å². The fourth-order valence-corrected chi connectivity index (χ4v) is 4.43. The summed E-state index contributed by atoms with van der Waals surface area (Å²) >= 11 is 0. The highest BCUT2D eigenvalue weighted by Gasteiger charge is 2.29. The predicted molar refractivity (Wildman–Crippen MR) is 113 cm³/mol. The number of likely N-dealkylation sites (tertiary alicyclic amines) is 2. The fraction of sp³-hybridized carbons (Fsp3) is 0.727. The molecule has 2 aliphatic rings. The molecule has 3 rings (SSSR count). The van der Waals surface area contributed by atoms with Crippen molar-refractivity contribution in [2.45, 2.75) is 57.8 Å². The summed E-state index contributed by atoms with van der Waals surface area (Å²) in [7, 11) is 1.60. The number of piperidine rings is 2. The van der Waals surface area contributed by atoms with Crippen LogP contribution in [0.1, 0.15) is 69.3 Å². The largest absolute Gasteiger partial charge is 0.384 e. The first-order valence-electron chi connectivity index (χ1n) is 11.1. The summed E-state index contributed by atoms with van der Waals surface area (Å²) < 4.78 is 4.99. The lowest BCUT2D eigenvalue weighted by Gasteiger charge is -2.34. The Balaban J connectivity index is 1.67. The molecule has 2 amide bonds. The Kier molecular flexibility index (Phi) is 7.64. The number of hydrogen-bond donors (Lipinski definition) is 1. The van der Waals surface area contributed by atoms with E-state index in [2.05, 4.69) is 4.98 Å². The van der Waals surface area contributed by atoms with E-state index in [1.807, 2.05) is 23.6 Å². The summed E-state index contributed by atoms with van der Waals surface area (Å²) in [5, 5.41) is 0. The van der Waals surface area contributed by atoms with Crippen LogP contribution in [0.4, 0.5) is 0 Å². The molecule has 3 heterocycles. The number of rotatable bonds is 6. The number of ether oxygens (including phenoxy) is 1. The maximum absolute atomic E-state index is 12.4. The average molecular weight is 419 g/mol. The van der Waals surface area contributed by atoms with Gasteiger partial charge in [-0.25, -0.2) is 4.98 Å². The second kappa shape index (κ2) is 10.2. The fourth-order valence-electron chi connectivity index (χ4n) is 4.43. The normalized spacial score (nSPS) is 20.6. The second-order valence-corrected chi connectivity index (χ2v) is 8.73. The van der Waals surface area contributed by atoms with Gasteiger partial charge in [0.2, 0.25) is 11.8 Å². The first-order chi connectivity index (χ1) is 14.4. The quantitative estimate of drug-likeness (QED) is 0.761. The Bertz CT molecular complexity index is 799. The number of carbonyl (C=O) groups excluding carboxylic acids is 2. The van der Waals surface area contributed by atoms with Crippen molar-refractivity contribution >= 4 is 11.8 Å². The van der Waals surface area contributed by atoms with Crippen molar-refractivity contribution in [3.05, 3.63) is 27.9 Å². The lowest BCUT2D eigenvalue weighted by atomic mass is 9.92. The molecule has 2 aliphatic heterocycles. The van der Waals surface area contributed by atoms with Crippen molar-refractivity contribution in [2.75, 3.05) is 39.9 Å². The van der Waals surface area contributed by atoms with Gasteiger partial charge in [0.05, 0.1) is 18.7 Å². The second-order valence-electron chi connectivity index (χ2n) is 8.73. The smallest absolute Gasteiger partial charge is 0.251 e. The van der Waals surface area contributed by atoms with Crippen LogP contribution in [0.25, 0.3) is 0 Å². The number of methoxy groups -OCH3 is 1. The maximum Gasteiger partial charge on any atom is 0.251 e. The van der Waals surface area contributed by atoms with E-state index in [4.69, 9.17) is 9.72 Å². The summed E-state index contributed by atoms with van der Waals surface area (Å²) in [6.45, 7) is 7.01. The summed E-state index contributed by atoms with van der Waals surface area (Å²) in [5.41, 5.74) is 0.648. The number of hydrogen-bond acceptors (Lipinski definition) is 5. The molecule has 0 saturated carbocycles. The van der Waals surface area contributed by atoms with Crippen LogP contribution in [-0.4, -0.2) is 71.5 Å². The molecule has 30 heavy (non-hydrogen) atoms. The zero-order valence-corrected chi connectivity index (χ0v) is 18.4. The van der Waals surface area contributed by atoms with Crippen LogP contribution < -0.4 is 5.56 Å². The highest BCUT2D eigenvalue weighted by molar-refractivity contribution is 5.78. The molecule has 0 bridgehead atoms. The number of carbonyl (C=O) groups is 2. The van der Waals surface area contributed by atoms with Crippen molar-refractivity contribution in [2.24, 2.45) is 5.92 Å². The predicted octanol–water partition coefficient (Wildman–Crippen LogP) is 1.87. The summed E-state index contributed by atoms with van der Waals surface area (Å²) in [5.74, 6) is 1.20. The molecule has 1 atom stereocenters. The average Bonchev–Trinajstić information content (AvgIpc) is 2.76. The molecule has 0 aromatic carbocycles. The van der Waals surface area contributed by atoms with Gasteiger partial charge in [-0.1, -0.05) is 13.8 Å². The number of nitrogens with one attached hydrogen (secondary N) is 1. The van der Waals surface area contributed by atoms with E-state index in [-0.39, 0.29) is 35.1 Å². The van der Waals surface area contributed by atoms with E-state index in [9.17, 15) is 14.4 Å². The molecule has 0 unspecified atom stereocenters. The standard InChI is InChI=1S/C22H34N4O4/c1-15(2)22(29)26-9-4-5-17(14-26)18-13-19(27)24-21(23-18)16-6-10-25(11-7-16)20(28)8-12-30-3/h13,15-17H,4-12,14H2,1-3H3,(H,23,24,27)/t17-/m0/s1. The van der Waals surface area contributed by atoms with Crippen LogP contribution in [0, 0.1) is 5.92 Å². The highest BCUT2D eigenvalue weighted by atomic mass is 16.5. The Morgan fingerprint density at radius 2 is 1.90 bits per heavy atom. The summed E-state index contributed by atoms with van der Waals surface area (Å²) in [4.78, 5) is 48.5. The molecular formula is C22H34N4O4. The third-order valence-corrected chi connectivity index (χ3v) is 6.18. The molecule has 0 spiro atoms. The Hall–Kier alpha value is -2.22. The minimum absolute atomic E-state index is 0.0248. The SMILES string of the molecule is COCCC(=O)N1CCC(c2nc([C@H]3CCCN(C(=O)C(C)C)C3)cc(=O)[nH]2)CC1. The molecule has 1 aromatic rings. The number of nitrogens with zero attached hydrogens (tertiary/aromatic N) is 3. The van der Waals surface area contributed by atoms with E-state index in [1.54, 1.807) is 13.2 Å². The number of aromatic amines is 1. The van der Waals surface area contributed by atoms with Gasteiger partial charge in [0.15, 0.2) is 0 Å². The third-order valence-electron chi connectivity index (χ3n) is 6.18. The van der Waals surface area contributed by atoms with Gasteiger partial charge in [-0.2, -0.15) is 0 Å². The summed E-state index contributed by atoms with van der Waals surface area (Å²) in [6, 6.07) is 1.58. The van der Waals surface area contributed by atoms with Crippen LogP contribution in [0.15, 0.2) is 10.9 Å². The van der Waals surface area contributed by atoms with E-state index in [0.29, 0.717) is 38.5 Å². The highest BCUT2D eigenvalue weighted by Crippen LogP contribution is 2.29. The van der Waals surface area contributed by atoms with Gasteiger partial charge < -0.3 is 19.5 Å². The molecule has 0 aliphatic carbocycles. The van der Waals surface area contributed by atoms with Crippen molar-refractivity contribution in [1.82, 2.24) is 19.8 Å². The van der Waals surface area contributed by atoms with Crippen molar-refractivity contribution in [3.63, 3.8) is 0 Å². The van der Waals surface area contributed by atoms with Crippen LogP contribution in [0.2, 0.25) is 0 Å². The van der Waals surface area contributed by atoms with E-state index in [1.165, 1.54) is 0 Å². The Morgan fingerprint density at radius 1 is 1.17 bits per heavy atom. The molecule has 2 fully saturated rings. The van der Waals surface area contributed by atoms with Crippen molar-refractivity contribution in [1.29, 1.82) is 0 Å². The number of aromatic nitrogens is 2. The molecular weight excluding hydrogens is 384 g/mol. The molecule has 1 N–H and O–H groups in total. The van der Waals surface area contributed by atoms with E-state index < -0.39 is 0 Å². The van der Waals surface area contributed by atoms with Crippen LogP contribution >= 0.6 is 0 Å². The maximum atomic E-state index is 12.4. The van der Waals surface area contributed by atoms with Gasteiger partial charge >= 0.3 is 0 Å². The minimum Gasteiger partial charge on any atom is -0.384 e. The van der Waals surface area contributed by atoms with Gasteiger partial charge in [-0.3, -0.25) is 14.4 Å². The molecule has 8 nitrogen and oxygen atoms in total. The zero-order valence-electron chi connectivity index (χ0n) is 18.4. The van der Waals surface area contributed by atoms with Crippen LogP contribution in [0.3, 0.4) is 0 Å². The molecule has 166 valence electrons. The molecule has 8 heteroatoms. The lowest BCUT2D eigenvalue weighted by Crippen LogP contribution is -2.41. The Morgan fingerprint density at radius 3 is 2.57 bits per heavy atom. The summed E-state index contributed by atoms with van der Waals surface area (Å²) in [6.07, 6.45) is 3.83. The third kappa shape index (κ3) is 5.47. The van der Waals surface area contributed by atoms with Crippen LogP contribution in [-0.2, 0) is 14.3 Å². The van der Waals surface area contributed by atoms with Gasteiger partial charge in [0, 0.05) is 57.1 Å². The van der Waals surface area contributed by atoms with Gasteiger partial charge in [0.1, 0.15) is 5.82 Å². The molecule has 1 aromatic heterocycles. The van der Waals surface area contributed by atoms with Crippen molar-refractivity contribution in [3.8, 4) is 0 Å². The lowest BCUT2D eigenvalue weighted by molar-refractivity contribution is -0.135. The number of H-pyrrole nitrogens is 1. The van der Waals surface area contributed by atoms with E-state index >= 15 is 0 Å². The monoisotopic (exact) mass is 418 g/mol. The van der Waals surface area contributed by atoms with Crippen LogP contribution in [0.5, 0.6) is 0 Å². The van der Waals surface area contributed by atoms with Crippen molar-refractivity contribution < 1.29 is 14.3 Å². The Labute approximate surface area is 178 Å². The number of amides is 2. The van der Waals surface area contributed by atoms with E-state index in [0.717, 1.165) is 37.9 Å². The topological polar surface area (TPSA) is 95.6 Å². The minimum atomic E-state index is -0.138. The van der Waals surface area contributed by atoms with Gasteiger partial charge in [0.25, 0.3) is 5.56 Å². The molecule has 0 radical (unpaired) electrons. The molecule has 2 saturated heterocycles.